The third kappa shape index (κ3) is 2.06. The van der Waals surface area contributed by atoms with E-state index in [-0.39, 0.29) is 0 Å². The number of anilines is 1. The highest BCUT2D eigenvalue weighted by atomic mass is 32.1. The number of halogens is 3. The number of hydrogen-bond donors (Lipinski definition) is 1. The molecule has 0 fully saturated rings. The minimum absolute atomic E-state index is 0.364. The summed E-state index contributed by atoms with van der Waals surface area (Å²) in [6.07, 6.45) is -2.98. The molecule has 2 N–H and O–H groups in total. The minimum Gasteiger partial charge on any atom is -0.394 e. The number of alkyl halides is 3. The van der Waals surface area contributed by atoms with Crippen LogP contribution < -0.4 is 5.73 Å². The summed E-state index contributed by atoms with van der Waals surface area (Å²) < 4.78 is 43.4. The SMILES string of the molecule is Nc1cnoc1-c1cc2ccc(C(F)(F)F)cc2s1. The zero-order valence-corrected chi connectivity index (χ0v) is 10.2. The predicted octanol–water partition coefficient (Wildman–Crippen LogP) is 4.16. The second-order valence-electron chi connectivity index (χ2n) is 3.97. The Bertz CT molecular complexity index is 745. The highest BCUT2D eigenvalue weighted by Crippen LogP contribution is 2.39. The van der Waals surface area contributed by atoms with Gasteiger partial charge in [0.25, 0.3) is 0 Å². The highest BCUT2D eigenvalue weighted by molar-refractivity contribution is 7.22. The largest absolute Gasteiger partial charge is 0.416 e. The Morgan fingerprint density at radius 3 is 2.63 bits per heavy atom. The van der Waals surface area contributed by atoms with E-state index in [9.17, 15) is 13.2 Å². The standard InChI is InChI=1S/C12H7F3N2OS/c13-12(14,15)7-2-1-6-3-10(19-9(6)4-7)11-8(16)5-17-18-11/h1-5H,16H2. The van der Waals surface area contributed by atoms with Gasteiger partial charge in [0.1, 0.15) is 5.69 Å². The average molecular weight is 284 g/mol. The second kappa shape index (κ2) is 3.99. The summed E-state index contributed by atoms with van der Waals surface area (Å²) in [5, 5.41) is 4.26. The summed E-state index contributed by atoms with van der Waals surface area (Å²) in [6, 6.07) is 5.35. The maximum absolute atomic E-state index is 12.6. The molecule has 7 heteroatoms. The Kier molecular flexibility index (Phi) is 2.53. The molecule has 0 aliphatic carbocycles. The Morgan fingerprint density at radius 1 is 1.21 bits per heavy atom. The number of thiophene rings is 1. The number of benzene rings is 1. The van der Waals surface area contributed by atoms with Gasteiger partial charge in [-0.1, -0.05) is 11.2 Å². The topological polar surface area (TPSA) is 52.0 Å². The molecule has 0 atom stereocenters. The van der Waals surface area contributed by atoms with Crippen molar-refractivity contribution in [3.8, 4) is 10.6 Å². The first-order valence-electron chi connectivity index (χ1n) is 5.26. The fourth-order valence-electron chi connectivity index (χ4n) is 1.75. The number of nitrogens with two attached hydrogens (primary N) is 1. The van der Waals surface area contributed by atoms with Crippen molar-refractivity contribution < 1.29 is 17.7 Å². The van der Waals surface area contributed by atoms with Gasteiger partial charge in [-0.2, -0.15) is 13.2 Å². The van der Waals surface area contributed by atoms with Crippen LogP contribution in [0.25, 0.3) is 20.7 Å². The van der Waals surface area contributed by atoms with Gasteiger partial charge in [-0.3, -0.25) is 0 Å². The van der Waals surface area contributed by atoms with Crippen molar-refractivity contribution >= 4 is 27.1 Å². The number of nitrogen functional groups attached to an aromatic ring is 1. The zero-order valence-electron chi connectivity index (χ0n) is 9.36. The zero-order chi connectivity index (χ0) is 13.6. The van der Waals surface area contributed by atoms with E-state index in [2.05, 4.69) is 5.16 Å². The molecule has 0 aliphatic heterocycles. The minimum atomic E-state index is -4.34. The fraction of sp³-hybridized carbons (Fsp3) is 0.0833. The van der Waals surface area contributed by atoms with Crippen molar-refractivity contribution in [3.63, 3.8) is 0 Å². The van der Waals surface area contributed by atoms with Crippen LogP contribution in [-0.4, -0.2) is 5.16 Å². The van der Waals surface area contributed by atoms with E-state index in [0.717, 1.165) is 12.1 Å². The van der Waals surface area contributed by atoms with Crippen LogP contribution >= 0.6 is 11.3 Å². The van der Waals surface area contributed by atoms with E-state index in [1.807, 2.05) is 0 Å². The first-order chi connectivity index (χ1) is 8.95. The van der Waals surface area contributed by atoms with E-state index in [4.69, 9.17) is 10.3 Å². The quantitative estimate of drug-likeness (QED) is 0.730. The third-order valence-electron chi connectivity index (χ3n) is 2.67. The number of nitrogens with zero attached hydrogens (tertiary/aromatic N) is 1. The van der Waals surface area contributed by atoms with Crippen LogP contribution in [0.4, 0.5) is 18.9 Å². The summed E-state index contributed by atoms with van der Waals surface area (Å²) in [6.45, 7) is 0. The lowest BCUT2D eigenvalue weighted by Gasteiger charge is -2.05. The second-order valence-corrected chi connectivity index (χ2v) is 5.06. The molecule has 3 nitrogen and oxygen atoms in total. The van der Waals surface area contributed by atoms with Gasteiger partial charge in [0.2, 0.25) is 0 Å². The van der Waals surface area contributed by atoms with Crippen LogP contribution in [0.2, 0.25) is 0 Å². The van der Waals surface area contributed by atoms with Crippen molar-refractivity contribution in [1.82, 2.24) is 5.16 Å². The van der Waals surface area contributed by atoms with Crippen LogP contribution in [0, 0.1) is 0 Å². The van der Waals surface area contributed by atoms with Crippen molar-refractivity contribution in [2.45, 2.75) is 6.18 Å². The van der Waals surface area contributed by atoms with Crippen LogP contribution in [0.15, 0.2) is 35.0 Å². The highest BCUT2D eigenvalue weighted by Gasteiger charge is 2.30. The molecule has 19 heavy (non-hydrogen) atoms. The van der Waals surface area contributed by atoms with Gasteiger partial charge in [-0.25, -0.2) is 0 Å². The van der Waals surface area contributed by atoms with E-state index < -0.39 is 11.7 Å². The molecule has 2 aromatic heterocycles. The lowest BCUT2D eigenvalue weighted by molar-refractivity contribution is -0.137. The molecule has 0 unspecified atom stereocenters. The molecular formula is C12H7F3N2OS. The Hall–Kier alpha value is -2.02. The van der Waals surface area contributed by atoms with Crippen LogP contribution in [0.3, 0.4) is 0 Å². The number of fused-ring (bicyclic) bond motifs is 1. The Morgan fingerprint density at radius 2 is 2.00 bits per heavy atom. The molecular weight excluding hydrogens is 277 g/mol. The summed E-state index contributed by atoms with van der Waals surface area (Å²) in [5.41, 5.74) is 5.36. The fourth-order valence-corrected chi connectivity index (χ4v) is 2.86. The van der Waals surface area contributed by atoms with E-state index in [0.29, 0.717) is 26.4 Å². The molecule has 1 aromatic carbocycles. The molecule has 3 rings (SSSR count). The molecule has 3 aromatic rings. The molecule has 2 heterocycles. The molecule has 0 bridgehead atoms. The molecule has 0 spiro atoms. The smallest absolute Gasteiger partial charge is 0.394 e. The van der Waals surface area contributed by atoms with Gasteiger partial charge in [0, 0.05) is 4.70 Å². The van der Waals surface area contributed by atoms with E-state index in [1.54, 1.807) is 6.07 Å². The molecule has 0 aliphatic rings. The van der Waals surface area contributed by atoms with Crippen LogP contribution in [0.1, 0.15) is 5.56 Å². The lowest BCUT2D eigenvalue weighted by Crippen LogP contribution is -2.03. The molecule has 0 saturated carbocycles. The monoisotopic (exact) mass is 284 g/mol. The summed E-state index contributed by atoms with van der Waals surface area (Å²) >= 11 is 1.19. The number of rotatable bonds is 1. The van der Waals surface area contributed by atoms with E-state index in [1.165, 1.54) is 23.6 Å². The molecule has 0 saturated heterocycles. The molecule has 0 amide bonds. The van der Waals surface area contributed by atoms with Crippen molar-refractivity contribution in [1.29, 1.82) is 0 Å². The summed E-state index contributed by atoms with van der Waals surface area (Å²) in [5.74, 6) is 0.384. The van der Waals surface area contributed by atoms with Crippen molar-refractivity contribution in [2.75, 3.05) is 5.73 Å². The predicted molar refractivity (Wildman–Crippen MR) is 66.7 cm³/mol. The normalized spacial score (nSPS) is 12.2. The van der Waals surface area contributed by atoms with Gasteiger partial charge < -0.3 is 10.3 Å². The van der Waals surface area contributed by atoms with Crippen molar-refractivity contribution in [2.24, 2.45) is 0 Å². The number of aromatic nitrogens is 1. The van der Waals surface area contributed by atoms with Gasteiger partial charge >= 0.3 is 6.18 Å². The summed E-state index contributed by atoms with van der Waals surface area (Å²) in [7, 11) is 0. The molecule has 0 radical (unpaired) electrons. The van der Waals surface area contributed by atoms with Crippen molar-refractivity contribution in [3.05, 3.63) is 36.0 Å². The first-order valence-corrected chi connectivity index (χ1v) is 6.08. The van der Waals surface area contributed by atoms with Crippen LogP contribution in [-0.2, 0) is 6.18 Å². The maximum atomic E-state index is 12.6. The summed E-state index contributed by atoms with van der Waals surface area (Å²) in [4.78, 5) is 0.657. The first kappa shape index (κ1) is 12.0. The Balaban J connectivity index is 2.14. The van der Waals surface area contributed by atoms with Gasteiger partial charge in [0.15, 0.2) is 5.76 Å². The Labute approximate surface area is 109 Å². The number of hydrogen-bond acceptors (Lipinski definition) is 4. The van der Waals surface area contributed by atoms with Crippen LogP contribution in [0.5, 0.6) is 0 Å². The van der Waals surface area contributed by atoms with E-state index >= 15 is 0 Å². The van der Waals surface area contributed by atoms with Gasteiger partial charge in [-0.05, 0) is 23.6 Å². The third-order valence-corrected chi connectivity index (χ3v) is 3.77. The maximum Gasteiger partial charge on any atom is 0.416 e. The van der Waals surface area contributed by atoms with Gasteiger partial charge in [0.05, 0.1) is 16.6 Å². The molecule has 98 valence electrons. The average Bonchev–Trinajstić information content (AvgIpc) is 2.91. The lowest BCUT2D eigenvalue weighted by atomic mass is 10.1. The van der Waals surface area contributed by atoms with Gasteiger partial charge in [-0.15, -0.1) is 11.3 Å².